The van der Waals surface area contributed by atoms with Crippen LogP contribution in [0, 0.1) is 0 Å². The van der Waals surface area contributed by atoms with E-state index < -0.39 is 31.1 Å². The zero-order chi connectivity index (χ0) is 17.8. The normalized spacial score (nSPS) is 18.5. The van der Waals surface area contributed by atoms with Gasteiger partial charge in [-0.25, -0.2) is 16.8 Å². The molecule has 1 aliphatic heterocycles. The topological polar surface area (TPSA) is 96.1 Å². The van der Waals surface area contributed by atoms with Crippen LogP contribution in [0.1, 0.15) is 0 Å². The second-order valence-electron chi connectivity index (χ2n) is 3.99. The van der Waals surface area contributed by atoms with Gasteiger partial charge < -0.3 is 13.8 Å². The number of likely N-dealkylation sites (N-methyl/N-ethyl adjacent to an activating group) is 1. The lowest BCUT2D eigenvalue weighted by Gasteiger charge is -2.22. The number of nitrogens with zero attached hydrogens (tertiary/aromatic N) is 1. The third-order valence-electron chi connectivity index (χ3n) is 2.13. The molecule has 0 unspecified atom stereocenters. The van der Waals surface area contributed by atoms with Crippen LogP contribution in [-0.4, -0.2) is 61.2 Å². The fraction of sp³-hybridized carbons (Fsp3) is 1.00. The van der Waals surface area contributed by atoms with Crippen molar-refractivity contribution in [3.05, 3.63) is 4.13 Å². The Hall–Kier alpha value is -0.640. The number of nitrogens with one attached hydrogen (secondary N) is 1. The number of rotatable bonds is 2. The zero-order valence-corrected chi connectivity index (χ0v) is 12.5. The first-order valence-corrected chi connectivity index (χ1v) is 8.24. The monoisotopic (exact) mass is 382 g/mol. The Morgan fingerprint density at radius 1 is 0.864 bits per heavy atom. The van der Waals surface area contributed by atoms with Gasteiger partial charge in [-0.2, -0.15) is 26.3 Å². The molecule has 0 bridgehead atoms. The van der Waals surface area contributed by atoms with Gasteiger partial charge in [0.05, 0.1) is 20.3 Å². The van der Waals surface area contributed by atoms with Crippen molar-refractivity contribution in [2.24, 2.45) is 0 Å². The van der Waals surface area contributed by atoms with Crippen LogP contribution >= 0.6 is 0 Å². The molecule has 0 aromatic carbocycles. The van der Waals surface area contributed by atoms with E-state index in [9.17, 15) is 43.2 Å². The molecule has 1 aliphatic rings. The van der Waals surface area contributed by atoms with Crippen molar-refractivity contribution >= 4 is 20.0 Å². The van der Waals surface area contributed by atoms with E-state index in [1.54, 1.807) is 4.90 Å². The Morgan fingerprint density at radius 3 is 1.36 bits per heavy atom. The lowest BCUT2D eigenvalue weighted by Crippen LogP contribution is -3.11. The molecular formula is C7H12F6N2O5S2. The van der Waals surface area contributed by atoms with Crippen molar-refractivity contribution in [1.29, 1.82) is 0 Å². The van der Waals surface area contributed by atoms with Crippen molar-refractivity contribution in [2.75, 3.05) is 33.4 Å². The van der Waals surface area contributed by atoms with E-state index in [0.29, 0.717) is 0 Å². The second kappa shape index (κ2) is 7.29. The maximum Gasteiger partial charge on any atom is 0.480 e. The van der Waals surface area contributed by atoms with E-state index in [0.717, 1.165) is 17.3 Å². The summed E-state index contributed by atoms with van der Waals surface area (Å²) in [4.78, 5) is 1.59. The number of morpholine rings is 1. The zero-order valence-electron chi connectivity index (χ0n) is 10.9. The smallest absolute Gasteiger partial charge is 0.421 e. The predicted octanol–water partition coefficient (Wildman–Crippen LogP) is -0.409. The molecule has 0 radical (unpaired) electrons. The Bertz CT molecular complexity index is 507. The fourth-order valence-electron chi connectivity index (χ4n) is 0.934. The van der Waals surface area contributed by atoms with Gasteiger partial charge in [0, 0.05) is 0 Å². The van der Waals surface area contributed by atoms with E-state index in [1.165, 1.54) is 13.1 Å². The number of sulfonamides is 2. The summed E-state index contributed by atoms with van der Waals surface area (Å²) in [5.41, 5.74) is -12.4. The fourth-order valence-corrected chi connectivity index (χ4v) is 2.64. The third kappa shape index (κ3) is 6.64. The predicted molar refractivity (Wildman–Crippen MR) is 60.7 cm³/mol. The van der Waals surface area contributed by atoms with E-state index in [4.69, 9.17) is 4.74 Å². The molecule has 0 saturated carbocycles. The van der Waals surface area contributed by atoms with Crippen molar-refractivity contribution < 1.29 is 52.8 Å². The number of hydrogen-bond acceptors (Lipinski definition) is 5. The van der Waals surface area contributed by atoms with Crippen LogP contribution in [0.3, 0.4) is 0 Å². The van der Waals surface area contributed by atoms with E-state index in [-0.39, 0.29) is 0 Å². The van der Waals surface area contributed by atoms with Gasteiger partial charge in [-0.15, -0.1) is 0 Å². The first kappa shape index (κ1) is 21.4. The van der Waals surface area contributed by atoms with Crippen molar-refractivity contribution in [1.82, 2.24) is 0 Å². The molecule has 134 valence electrons. The lowest BCUT2D eigenvalue weighted by atomic mass is 10.5. The molecule has 0 aliphatic carbocycles. The average molecular weight is 382 g/mol. The summed E-state index contributed by atoms with van der Waals surface area (Å²) in [6.07, 6.45) is 0. The van der Waals surface area contributed by atoms with Gasteiger partial charge in [0.15, 0.2) is 20.0 Å². The first-order chi connectivity index (χ1) is 9.60. The average Bonchev–Trinajstić information content (AvgIpc) is 2.26. The highest BCUT2D eigenvalue weighted by atomic mass is 32.3. The summed E-state index contributed by atoms with van der Waals surface area (Å²) in [7, 11) is -11.2. The van der Waals surface area contributed by atoms with Gasteiger partial charge in [-0.1, -0.05) is 0 Å². The van der Waals surface area contributed by atoms with Crippen LogP contribution < -0.4 is 4.90 Å². The number of quaternary nitrogens is 1. The van der Waals surface area contributed by atoms with Crippen LogP contribution in [0.4, 0.5) is 26.3 Å². The van der Waals surface area contributed by atoms with E-state index >= 15 is 0 Å². The van der Waals surface area contributed by atoms with Crippen LogP contribution in [0.5, 0.6) is 0 Å². The summed E-state index contributed by atoms with van der Waals surface area (Å²) in [5.74, 6) is 0. The molecule has 0 atom stereocenters. The van der Waals surface area contributed by atoms with Crippen LogP contribution in [-0.2, 0) is 24.8 Å². The summed E-state index contributed by atoms with van der Waals surface area (Å²) in [6, 6.07) is 0. The van der Waals surface area contributed by atoms with Gasteiger partial charge in [-0.3, -0.25) is 0 Å². The highest BCUT2D eigenvalue weighted by Crippen LogP contribution is 2.36. The molecule has 0 aromatic heterocycles. The van der Waals surface area contributed by atoms with Crippen LogP contribution in [0.15, 0.2) is 0 Å². The molecular weight excluding hydrogens is 370 g/mol. The number of ether oxygens (including phenoxy) is 1. The maximum atomic E-state index is 11.4. The Kier molecular flexibility index (Phi) is 7.08. The van der Waals surface area contributed by atoms with Crippen LogP contribution in [0.25, 0.3) is 4.13 Å². The minimum Gasteiger partial charge on any atom is -0.421 e. The standard InChI is InChI=1S/C5H11NO.C2F6NO4S2/c1-6-2-4-7-5-3-6;3-1(4,5)14(10,11)9-15(12,13)2(6,7)8/h2-5H2,1H3;/q;-1/p+1. The number of halogens is 6. The second-order valence-corrected chi connectivity index (χ2v) is 7.41. The Labute approximate surface area is 122 Å². The highest BCUT2D eigenvalue weighted by Gasteiger charge is 2.46. The van der Waals surface area contributed by atoms with Gasteiger partial charge in [0.25, 0.3) is 0 Å². The SMILES string of the molecule is C[NH+]1CCOCC1.O=S(=O)([N-]S(=O)(=O)C(F)(F)F)C(F)(F)F. The summed E-state index contributed by atoms with van der Waals surface area (Å²) >= 11 is 0. The molecule has 0 aromatic rings. The minimum atomic E-state index is -6.72. The molecule has 1 rings (SSSR count). The molecule has 22 heavy (non-hydrogen) atoms. The summed E-state index contributed by atoms with van der Waals surface area (Å²) < 4.78 is 114. The van der Waals surface area contributed by atoms with Crippen molar-refractivity contribution in [3.63, 3.8) is 0 Å². The van der Waals surface area contributed by atoms with Crippen molar-refractivity contribution in [3.8, 4) is 0 Å². The maximum absolute atomic E-state index is 11.4. The third-order valence-corrected chi connectivity index (χ3v) is 4.87. The highest BCUT2D eigenvalue weighted by molar-refractivity contribution is 8.13. The van der Waals surface area contributed by atoms with Gasteiger partial charge >= 0.3 is 11.0 Å². The molecule has 0 amide bonds. The minimum absolute atomic E-state index is 0.778. The summed E-state index contributed by atoms with van der Waals surface area (Å²) in [6.45, 7) is 4.26. The van der Waals surface area contributed by atoms with Gasteiger partial charge in [0.1, 0.15) is 13.1 Å². The summed E-state index contributed by atoms with van der Waals surface area (Å²) in [5, 5.41) is 0. The molecule has 15 heteroatoms. The first-order valence-electron chi connectivity index (χ1n) is 5.36. The number of alkyl halides is 6. The molecule has 1 heterocycles. The molecule has 1 N–H and O–H groups in total. The Balaban J connectivity index is 0.000000518. The molecule has 1 saturated heterocycles. The molecule has 7 nitrogen and oxygen atoms in total. The lowest BCUT2D eigenvalue weighted by molar-refractivity contribution is -0.888. The largest absolute Gasteiger partial charge is 0.480 e. The van der Waals surface area contributed by atoms with E-state index in [2.05, 4.69) is 7.05 Å². The van der Waals surface area contributed by atoms with Gasteiger partial charge in [0.2, 0.25) is 0 Å². The number of hydrogen-bond donors (Lipinski definition) is 1. The quantitative estimate of drug-likeness (QED) is 0.655. The van der Waals surface area contributed by atoms with E-state index in [1.807, 2.05) is 0 Å². The van der Waals surface area contributed by atoms with Crippen LogP contribution in [0.2, 0.25) is 0 Å². The van der Waals surface area contributed by atoms with Gasteiger partial charge in [-0.05, 0) is 0 Å². The van der Waals surface area contributed by atoms with Crippen molar-refractivity contribution in [2.45, 2.75) is 11.0 Å². The molecule has 1 fully saturated rings. The molecule has 0 spiro atoms. The Morgan fingerprint density at radius 2 is 1.18 bits per heavy atom.